The lowest BCUT2D eigenvalue weighted by Gasteiger charge is -2.35. The van der Waals surface area contributed by atoms with E-state index in [0.29, 0.717) is 21.2 Å². The third kappa shape index (κ3) is 3.15. The second-order valence-corrected chi connectivity index (χ2v) is 9.02. The highest BCUT2D eigenvalue weighted by atomic mass is 35.5. The Morgan fingerprint density at radius 1 is 0.939 bits per heavy atom. The number of carbonyl (C=O) groups is 1. The predicted octanol–water partition coefficient (Wildman–Crippen LogP) is 6.28. The number of hydrogen-bond acceptors (Lipinski definition) is 4. The number of nitriles is 2. The maximum absolute atomic E-state index is 14.0. The van der Waals surface area contributed by atoms with Gasteiger partial charge in [-0.25, -0.2) is 0 Å². The van der Waals surface area contributed by atoms with Gasteiger partial charge in [-0.15, -0.1) is 0 Å². The van der Waals surface area contributed by atoms with Crippen LogP contribution in [0.3, 0.4) is 0 Å². The van der Waals surface area contributed by atoms with Crippen LogP contribution in [0.2, 0.25) is 10.0 Å². The molecule has 0 saturated carbocycles. The van der Waals surface area contributed by atoms with Gasteiger partial charge < -0.3 is 4.90 Å². The van der Waals surface area contributed by atoms with Gasteiger partial charge in [0.15, 0.2) is 11.2 Å². The zero-order chi connectivity index (χ0) is 23.2. The zero-order valence-corrected chi connectivity index (χ0v) is 18.8. The fraction of sp³-hybridized carbons (Fsp3) is 0.148. The number of ketones is 1. The van der Waals surface area contributed by atoms with Crippen LogP contribution < -0.4 is 4.90 Å². The largest absolute Gasteiger partial charge is 0.351 e. The molecule has 2 aliphatic rings. The highest BCUT2D eigenvalue weighted by molar-refractivity contribution is 6.31. The minimum absolute atomic E-state index is 0.172. The fourth-order valence-corrected chi connectivity index (χ4v) is 5.54. The summed E-state index contributed by atoms with van der Waals surface area (Å²) < 4.78 is 0. The molecule has 5 rings (SSSR count). The van der Waals surface area contributed by atoms with Gasteiger partial charge in [0, 0.05) is 27.2 Å². The van der Waals surface area contributed by atoms with Gasteiger partial charge in [0.05, 0.1) is 18.2 Å². The Bertz CT molecular complexity index is 1360. The molecular formula is C27H17Cl2N3O. The molecule has 3 unspecified atom stereocenters. The van der Waals surface area contributed by atoms with Crippen molar-refractivity contribution in [2.75, 3.05) is 4.90 Å². The van der Waals surface area contributed by atoms with E-state index in [1.807, 2.05) is 41.3 Å². The van der Waals surface area contributed by atoms with Crippen molar-refractivity contribution in [1.82, 2.24) is 0 Å². The van der Waals surface area contributed by atoms with Gasteiger partial charge in [0.1, 0.15) is 6.04 Å². The number of anilines is 1. The number of hydrogen-bond donors (Lipinski definition) is 0. The van der Waals surface area contributed by atoms with Gasteiger partial charge in [-0.3, -0.25) is 4.79 Å². The van der Waals surface area contributed by atoms with Gasteiger partial charge in [-0.05, 0) is 35.4 Å². The average Bonchev–Trinajstić information content (AvgIpc) is 3.14. The van der Waals surface area contributed by atoms with E-state index in [9.17, 15) is 15.3 Å². The Hall–Kier alpha value is -3.57. The van der Waals surface area contributed by atoms with Crippen LogP contribution in [-0.4, -0.2) is 17.9 Å². The van der Waals surface area contributed by atoms with E-state index in [-0.39, 0.29) is 5.78 Å². The summed E-state index contributed by atoms with van der Waals surface area (Å²) in [5.74, 6) is -0.945. The fourth-order valence-electron chi connectivity index (χ4n) is 5.11. The van der Waals surface area contributed by atoms with Crippen LogP contribution in [0.4, 0.5) is 5.69 Å². The van der Waals surface area contributed by atoms with Gasteiger partial charge >= 0.3 is 0 Å². The first-order chi connectivity index (χ1) is 16.0. The van der Waals surface area contributed by atoms with E-state index in [1.54, 1.807) is 48.5 Å². The molecule has 2 heterocycles. The lowest BCUT2D eigenvalue weighted by Crippen LogP contribution is -2.44. The molecule has 33 heavy (non-hydrogen) atoms. The Kier molecular flexibility index (Phi) is 5.22. The summed E-state index contributed by atoms with van der Waals surface area (Å²) in [6.45, 7) is 0. The molecule has 3 aromatic rings. The topological polar surface area (TPSA) is 67.9 Å². The first-order valence-corrected chi connectivity index (χ1v) is 11.2. The summed E-state index contributed by atoms with van der Waals surface area (Å²) in [5, 5.41) is 21.8. The second-order valence-electron chi connectivity index (χ2n) is 8.18. The Morgan fingerprint density at radius 3 is 2.33 bits per heavy atom. The molecule has 3 atom stereocenters. The van der Waals surface area contributed by atoms with Crippen molar-refractivity contribution in [3.63, 3.8) is 0 Å². The van der Waals surface area contributed by atoms with Crippen LogP contribution in [0.25, 0.3) is 6.08 Å². The number of Topliss-reactive ketones (excluding diaryl/α,β-unsaturated/α-hetero) is 1. The number of rotatable bonds is 3. The molecule has 1 saturated heterocycles. The number of fused-ring (bicyclic) bond motifs is 3. The van der Waals surface area contributed by atoms with Crippen molar-refractivity contribution < 1.29 is 4.79 Å². The van der Waals surface area contributed by atoms with Crippen molar-refractivity contribution in [2.24, 2.45) is 5.41 Å². The third-order valence-corrected chi connectivity index (χ3v) is 7.11. The number of carbonyl (C=O) groups excluding carboxylic acids is 1. The molecule has 0 spiro atoms. The summed E-state index contributed by atoms with van der Waals surface area (Å²) in [7, 11) is 0. The van der Waals surface area contributed by atoms with Crippen LogP contribution in [0.15, 0.2) is 78.9 Å². The highest BCUT2D eigenvalue weighted by Crippen LogP contribution is 2.56. The first kappa shape index (κ1) is 21.3. The Labute approximate surface area is 201 Å². The lowest BCUT2D eigenvalue weighted by molar-refractivity contribution is 0.0951. The van der Waals surface area contributed by atoms with Crippen LogP contribution in [0.5, 0.6) is 0 Å². The van der Waals surface area contributed by atoms with Crippen molar-refractivity contribution in [2.45, 2.75) is 18.0 Å². The van der Waals surface area contributed by atoms with Crippen molar-refractivity contribution >= 4 is 40.7 Å². The second kappa shape index (κ2) is 8.09. The van der Waals surface area contributed by atoms with E-state index in [0.717, 1.165) is 11.3 Å². The number of benzene rings is 3. The summed E-state index contributed by atoms with van der Waals surface area (Å²) >= 11 is 12.8. The Balaban J connectivity index is 1.81. The van der Waals surface area contributed by atoms with Crippen molar-refractivity contribution in [3.8, 4) is 12.1 Å². The number of halogens is 2. The smallest absolute Gasteiger partial charge is 0.185 e. The molecule has 2 aliphatic heterocycles. The van der Waals surface area contributed by atoms with E-state index >= 15 is 0 Å². The molecule has 0 aliphatic carbocycles. The molecule has 0 bridgehead atoms. The van der Waals surface area contributed by atoms with Crippen LogP contribution in [0, 0.1) is 28.1 Å². The van der Waals surface area contributed by atoms with Crippen LogP contribution in [0.1, 0.15) is 27.4 Å². The normalized spacial score (nSPS) is 22.1. The molecule has 0 N–H and O–H groups in total. The number of nitrogens with zero attached hydrogens (tertiary/aromatic N) is 3. The minimum Gasteiger partial charge on any atom is -0.351 e. The minimum atomic E-state index is -1.53. The third-order valence-electron chi connectivity index (χ3n) is 6.54. The molecule has 0 amide bonds. The first-order valence-electron chi connectivity index (χ1n) is 10.4. The van der Waals surface area contributed by atoms with E-state index in [2.05, 4.69) is 12.1 Å². The summed E-state index contributed by atoms with van der Waals surface area (Å²) in [6.07, 6.45) is 3.69. The van der Waals surface area contributed by atoms with Crippen LogP contribution >= 0.6 is 23.2 Å². The maximum Gasteiger partial charge on any atom is 0.185 e. The van der Waals surface area contributed by atoms with E-state index in [4.69, 9.17) is 23.2 Å². The zero-order valence-electron chi connectivity index (χ0n) is 17.3. The quantitative estimate of drug-likeness (QED) is 0.423. The molecule has 160 valence electrons. The molecule has 3 aromatic carbocycles. The molecule has 0 radical (unpaired) electrons. The van der Waals surface area contributed by atoms with Crippen LogP contribution in [-0.2, 0) is 0 Å². The molecule has 6 heteroatoms. The molecule has 1 fully saturated rings. The van der Waals surface area contributed by atoms with Crippen molar-refractivity contribution in [3.05, 3.63) is 106 Å². The van der Waals surface area contributed by atoms with Gasteiger partial charge in [0.25, 0.3) is 0 Å². The molecule has 0 aromatic heterocycles. The van der Waals surface area contributed by atoms with Gasteiger partial charge in [0.2, 0.25) is 0 Å². The summed E-state index contributed by atoms with van der Waals surface area (Å²) in [6, 6.07) is 24.6. The highest BCUT2D eigenvalue weighted by Gasteiger charge is 2.63. The van der Waals surface area contributed by atoms with Crippen molar-refractivity contribution in [1.29, 1.82) is 10.5 Å². The summed E-state index contributed by atoms with van der Waals surface area (Å²) in [4.78, 5) is 15.9. The van der Waals surface area contributed by atoms with E-state index < -0.39 is 23.4 Å². The molecule has 4 nitrogen and oxygen atoms in total. The SMILES string of the molecule is N#CC1(C#N)C(c2ccccc2Cl)C(C(=O)c2ccccc2)N2c3ccc(Cl)cc3C=CC21. The summed E-state index contributed by atoms with van der Waals surface area (Å²) in [5.41, 5.74) is 1.17. The Morgan fingerprint density at radius 2 is 1.64 bits per heavy atom. The van der Waals surface area contributed by atoms with Gasteiger partial charge in [-0.1, -0.05) is 83.9 Å². The predicted molar refractivity (Wildman–Crippen MR) is 129 cm³/mol. The van der Waals surface area contributed by atoms with Gasteiger partial charge in [-0.2, -0.15) is 10.5 Å². The van der Waals surface area contributed by atoms with E-state index in [1.165, 1.54) is 0 Å². The average molecular weight is 470 g/mol. The maximum atomic E-state index is 14.0. The standard InChI is InChI=1S/C27H17Cl2N3O/c28-19-11-12-22-18(14-19)10-13-23-27(15-30,16-31)24(20-8-4-5-9-21(20)29)25(32(22)23)26(33)17-6-2-1-3-7-17/h1-14,23-25H. The lowest BCUT2D eigenvalue weighted by atomic mass is 9.69. The molecular weight excluding hydrogens is 453 g/mol. The monoisotopic (exact) mass is 469 g/mol.